The van der Waals surface area contributed by atoms with E-state index in [1.54, 1.807) is 12.1 Å². The van der Waals surface area contributed by atoms with Gasteiger partial charge in [0.05, 0.1) is 0 Å². The molecule has 1 fully saturated rings. The van der Waals surface area contributed by atoms with Crippen LogP contribution in [0.5, 0.6) is 11.5 Å². The Morgan fingerprint density at radius 2 is 1.75 bits per heavy atom. The molecule has 0 amide bonds. The Bertz CT molecular complexity index is 982. The van der Waals surface area contributed by atoms with Gasteiger partial charge in [0.25, 0.3) is 0 Å². The molecule has 32 heavy (non-hydrogen) atoms. The quantitative estimate of drug-likeness (QED) is 0.390. The van der Waals surface area contributed by atoms with Gasteiger partial charge in [0.2, 0.25) is 0 Å². The molecule has 1 saturated heterocycles. The number of hydrogen-bond donors (Lipinski definition) is 0. The fraction of sp³-hybridized carbons (Fsp3) is 0.333. The number of likely N-dealkylation sites (tertiary alicyclic amines) is 1. The van der Waals surface area contributed by atoms with Crippen molar-refractivity contribution in [3.05, 3.63) is 95.3 Å². The summed E-state index contributed by atoms with van der Waals surface area (Å²) in [6.45, 7) is 6.19. The fourth-order valence-electron chi connectivity index (χ4n) is 4.16. The Balaban J connectivity index is 0.00000289. The maximum Gasteiger partial charge on any atom is 0.126 e. The lowest BCUT2D eigenvalue weighted by molar-refractivity contribution is 0.232. The van der Waals surface area contributed by atoms with Crippen LogP contribution in [-0.4, -0.2) is 31.1 Å². The highest BCUT2D eigenvalue weighted by Crippen LogP contribution is 2.25. The van der Waals surface area contributed by atoms with Crippen LogP contribution in [0.25, 0.3) is 0 Å². The van der Waals surface area contributed by atoms with E-state index in [0.717, 1.165) is 60.7 Å². The second-order valence-corrected chi connectivity index (χ2v) is 8.30. The molecule has 1 atom stereocenters. The van der Waals surface area contributed by atoms with Gasteiger partial charge in [-0.1, -0.05) is 48.5 Å². The lowest BCUT2D eigenvalue weighted by Gasteiger charge is -2.17. The highest BCUT2D eigenvalue weighted by molar-refractivity contribution is 5.85. The number of rotatable bonds is 9. The number of nitrogens with zero attached hydrogens (tertiary/aromatic N) is 1. The van der Waals surface area contributed by atoms with Crippen LogP contribution in [0.4, 0.5) is 4.39 Å². The Morgan fingerprint density at radius 3 is 2.53 bits per heavy atom. The summed E-state index contributed by atoms with van der Waals surface area (Å²) in [4.78, 5) is 2.41. The van der Waals surface area contributed by atoms with E-state index in [1.165, 1.54) is 0 Å². The molecule has 0 saturated carbocycles. The van der Waals surface area contributed by atoms with Gasteiger partial charge >= 0.3 is 0 Å². The predicted octanol–water partition coefficient (Wildman–Crippen LogP) is 6.08. The van der Waals surface area contributed by atoms with E-state index in [0.29, 0.717) is 19.1 Å². The Kier molecular flexibility index (Phi) is 8.95. The summed E-state index contributed by atoms with van der Waals surface area (Å²) in [5, 5.41) is 0. The minimum atomic E-state index is -0.0872. The van der Waals surface area contributed by atoms with Crippen molar-refractivity contribution in [2.45, 2.75) is 26.4 Å². The average Bonchev–Trinajstić information content (AvgIpc) is 3.23. The molecule has 0 aromatic heterocycles. The molecule has 1 unspecified atom stereocenters. The Hall–Kier alpha value is -2.56. The number of ether oxygens (including phenoxy) is 2. The molecule has 3 aromatic carbocycles. The minimum absolute atomic E-state index is 0. The molecule has 1 aliphatic heterocycles. The molecule has 4 rings (SSSR count). The molecule has 1 heterocycles. The second-order valence-electron chi connectivity index (χ2n) is 8.30. The van der Waals surface area contributed by atoms with Crippen LogP contribution in [0.2, 0.25) is 0 Å². The van der Waals surface area contributed by atoms with E-state index in [-0.39, 0.29) is 18.2 Å². The van der Waals surface area contributed by atoms with Crippen LogP contribution >= 0.6 is 12.4 Å². The van der Waals surface area contributed by atoms with Gasteiger partial charge in [-0.25, -0.2) is 4.39 Å². The highest BCUT2D eigenvalue weighted by atomic mass is 35.5. The Morgan fingerprint density at radius 1 is 0.969 bits per heavy atom. The molecule has 170 valence electrons. The summed E-state index contributed by atoms with van der Waals surface area (Å²) in [6, 6.07) is 23.3. The average molecular weight is 456 g/mol. The normalized spacial score (nSPS) is 15.9. The van der Waals surface area contributed by atoms with E-state index in [1.807, 2.05) is 55.5 Å². The third kappa shape index (κ3) is 6.72. The van der Waals surface area contributed by atoms with Gasteiger partial charge in [0, 0.05) is 13.1 Å². The first-order valence-electron chi connectivity index (χ1n) is 11.0. The maximum absolute atomic E-state index is 13.9. The molecular weight excluding hydrogens is 425 g/mol. The number of benzene rings is 3. The zero-order chi connectivity index (χ0) is 21.5. The van der Waals surface area contributed by atoms with Crippen molar-refractivity contribution in [1.29, 1.82) is 0 Å². The van der Waals surface area contributed by atoms with Crippen molar-refractivity contribution in [2.75, 3.05) is 26.2 Å². The van der Waals surface area contributed by atoms with Crippen LogP contribution in [0.15, 0.2) is 72.8 Å². The molecule has 0 radical (unpaired) electrons. The fourth-order valence-corrected chi connectivity index (χ4v) is 4.16. The summed E-state index contributed by atoms with van der Waals surface area (Å²) in [5.74, 6) is 2.18. The topological polar surface area (TPSA) is 21.7 Å². The predicted molar refractivity (Wildman–Crippen MR) is 129 cm³/mol. The van der Waals surface area contributed by atoms with E-state index in [4.69, 9.17) is 9.47 Å². The molecule has 1 aliphatic rings. The molecule has 5 heteroatoms. The summed E-state index contributed by atoms with van der Waals surface area (Å²) in [5.41, 5.74) is 3.05. The van der Waals surface area contributed by atoms with Gasteiger partial charge in [-0.2, -0.15) is 0 Å². The Labute approximate surface area is 196 Å². The SMILES string of the molecule is Cc1cc(OCCN2CCC(Cc3ccccc3F)C2)ccc1OCc1ccccc1.Cl. The van der Waals surface area contributed by atoms with Gasteiger partial charge < -0.3 is 9.47 Å². The van der Waals surface area contributed by atoms with Crippen molar-refractivity contribution in [3.63, 3.8) is 0 Å². The summed E-state index contributed by atoms with van der Waals surface area (Å²) < 4.78 is 25.8. The van der Waals surface area contributed by atoms with Crippen LogP contribution < -0.4 is 9.47 Å². The van der Waals surface area contributed by atoms with Crippen molar-refractivity contribution in [1.82, 2.24) is 4.90 Å². The van der Waals surface area contributed by atoms with Gasteiger partial charge in [-0.15, -0.1) is 12.4 Å². The number of halogens is 2. The summed E-state index contributed by atoms with van der Waals surface area (Å²) in [6.07, 6.45) is 1.93. The molecule has 0 spiro atoms. The first kappa shape index (κ1) is 24.1. The standard InChI is InChI=1S/C27H30FNO2.ClH/c1-21-17-25(11-12-27(21)31-20-22-7-3-2-4-8-22)30-16-15-29-14-13-23(19-29)18-24-9-5-6-10-26(24)28;/h2-12,17,23H,13-16,18-20H2,1H3;1H. The number of aryl methyl sites for hydroxylation is 1. The maximum atomic E-state index is 13.9. The molecule has 0 N–H and O–H groups in total. The van der Waals surface area contributed by atoms with Gasteiger partial charge in [-0.05, 0) is 73.2 Å². The first-order chi connectivity index (χ1) is 15.2. The molecule has 3 nitrogen and oxygen atoms in total. The molecule has 0 bridgehead atoms. The van der Waals surface area contributed by atoms with Gasteiger partial charge in [-0.3, -0.25) is 4.90 Å². The van der Waals surface area contributed by atoms with Gasteiger partial charge in [0.1, 0.15) is 30.5 Å². The third-order valence-electron chi connectivity index (χ3n) is 5.90. The zero-order valence-corrected chi connectivity index (χ0v) is 19.3. The largest absolute Gasteiger partial charge is 0.492 e. The molecular formula is C27H31ClFNO2. The smallest absolute Gasteiger partial charge is 0.126 e. The van der Waals surface area contributed by atoms with Gasteiger partial charge in [0.15, 0.2) is 0 Å². The first-order valence-corrected chi connectivity index (χ1v) is 11.0. The van der Waals surface area contributed by atoms with E-state index < -0.39 is 0 Å². The zero-order valence-electron chi connectivity index (χ0n) is 18.5. The van der Waals surface area contributed by atoms with E-state index in [2.05, 4.69) is 17.0 Å². The summed E-state index contributed by atoms with van der Waals surface area (Å²) >= 11 is 0. The molecule has 0 aliphatic carbocycles. The van der Waals surface area contributed by atoms with E-state index in [9.17, 15) is 4.39 Å². The van der Waals surface area contributed by atoms with Crippen molar-refractivity contribution >= 4 is 12.4 Å². The highest BCUT2D eigenvalue weighted by Gasteiger charge is 2.23. The van der Waals surface area contributed by atoms with Crippen LogP contribution in [-0.2, 0) is 13.0 Å². The minimum Gasteiger partial charge on any atom is -0.492 e. The summed E-state index contributed by atoms with van der Waals surface area (Å²) in [7, 11) is 0. The third-order valence-corrected chi connectivity index (χ3v) is 5.90. The van der Waals surface area contributed by atoms with Crippen molar-refractivity contribution < 1.29 is 13.9 Å². The lowest BCUT2D eigenvalue weighted by atomic mass is 9.98. The lowest BCUT2D eigenvalue weighted by Crippen LogP contribution is -2.26. The second kappa shape index (κ2) is 11.9. The van der Waals surface area contributed by atoms with Crippen LogP contribution in [0.1, 0.15) is 23.1 Å². The van der Waals surface area contributed by atoms with E-state index >= 15 is 0 Å². The van der Waals surface area contributed by atoms with Crippen molar-refractivity contribution in [3.8, 4) is 11.5 Å². The number of hydrogen-bond acceptors (Lipinski definition) is 3. The monoisotopic (exact) mass is 455 g/mol. The van der Waals surface area contributed by atoms with Crippen LogP contribution in [0.3, 0.4) is 0 Å². The van der Waals surface area contributed by atoms with Crippen molar-refractivity contribution in [2.24, 2.45) is 5.92 Å². The molecule has 3 aromatic rings. The van der Waals surface area contributed by atoms with Crippen LogP contribution in [0, 0.1) is 18.7 Å².